The molecule has 0 spiro atoms. The summed E-state index contributed by atoms with van der Waals surface area (Å²) in [5, 5.41) is 10.6. The van der Waals surface area contributed by atoms with Crippen LogP contribution in [0.5, 0.6) is 0 Å². The van der Waals surface area contributed by atoms with Crippen molar-refractivity contribution < 1.29 is 9.90 Å². The summed E-state index contributed by atoms with van der Waals surface area (Å²) in [5.41, 5.74) is 3.40. The third-order valence-corrected chi connectivity index (χ3v) is 5.90. The molecule has 0 amide bonds. The highest BCUT2D eigenvalue weighted by Gasteiger charge is 2.31. The Hall–Kier alpha value is -1.72. The van der Waals surface area contributed by atoms with Crippen LogP contribution in [0.2, 0.25) is 0 Å². The molecular formula is C23H29ClN2O2. The Morgan fingerprint density at radius 3 is 2.39 bits per heavy atom. The van der Waals surface area contributed by atoms with E-state index >= 15 is 0 Å². The van der Waals surface area contributed by atoms with E-state index in [4.69, 9.17) is 0 Å². The lowest BCUT2D eigenvalue weighted by atomic mass is 9.95. The summed E-state index contributed by atoms with van der Waals surface area (Å²) in [5.74, 6) is 0.888. The number of rotatable bonds is 6. The van der Waals surface area contributed by atoms with Crippen molar-refractivity contribution in [3.8, 4) is 0 Å². The highest BCUT2D eigenvalue weighted by atomic mass is 35.5. The Morgan fingerprint density at radius 2 is 1.68 bits per heavy atom. The SMILES string of the molecule is Cl.O=C(Cc1ccccc1)CN1CCC(CN2Cc3ccccc3C2O)CC1. The summed E-state index contributed by atoms with van der Waals surface area (Å²) in [6, 6.07) is 18.2. The number of fused-ring (bicyclic) bond motifs is 1. The summed E-state index contributed by atoms with van der Waals surface area (Å²) in [7, 11) is 0. The van der Waals surface area contributed by atoms with Crippen LogP contribution in [-0.2, 0) is 17.8 Å². The molecule has 2 aliphatic heterocycles. The number of aliphatic hydroxyl groups is 1. The second-order valence-corrected chi connectivity index (χ2v) is 7.92. The summed E-state index contributed by atoms with van der Waals surface area (Å²) in [6.07, 6.45) is 2.25. The van der Waals surface area contributed by atoms with Crippen molar-refractivity contribution in [3.05, 3.63) is 71.3 Å². The van der Waals surface area contributed by atoms with E-state index in [1.54, 1.807) is 0 Å². The molecule has 1 unspecified atom stereocenters. The Labute approximate surface area is 173 Å². The molecule has 0 aromatic heterocycles. The Morgan fingerprint density at radius 1 is 1.00 bits per heavy atom. The van der Waals surface area contributed by atoms with Crippen molar-refractivity contribution in [1.29, 1.82) is 0 Å². The molecule has 2 heterocycles. The number of nitrogens with zero attached hydrogens (tertiary/aromatic N) is 2. The Kier molecular flexibility index (Phi) is 7.24. The first-order chi connectivity index (χ1) is 13.2. The quantitative estimate of drug-likeness (QED) is 0.806. The van der Waals surface area contributed by atoms with Crippen molar-refractivity contribution in [2.45, 2.75) is 32.0 Å². The number of hydrogen-bond acceptors (Lipinski definition) is 4. The smallest absolute Gasteiger partial charge is 0.151 e. The van der Waals surface area contributed by atoms with Crippen LogP contribution in [0.25, 0.3) is 0 Å². The number of hydrogen-bond donors (Lipinski definition) is 1. The van der Waals surface area contributed by atoms with Gasteiger partial charge in [-0.15, -0.1) is 12.4 Å². The maximum Gasteiger partial charge on any atom is 0.151 e. The molecular weight excluding hydrogens is 372 g/mol. The van der Waals surface area contributed by atoms with Crippen LogP contribution in [-0.4, -0.2) is 46.9 Å². The third kappa shape index (κ3) is 5.00. The normalized spacial score (nSPS) is 20.5. The first-order valence-corrected chi connectivity index (χ1v) is 9.97. The van der Waals surface area contributed by atoms with Gasteiger partial charge in [0.15, 0.2) is 5.78 Å². The third-order valence-electron chi connectivity index (χ3n) is 5.90. The van der Waals surface area contributed by atoms with Crippen LogP contribution >= 0.6 is 12.4 Å². The zero-order valence-electron chi connectivity index (χ0n) is 16.2. The number of piperidine rings is 1. The molecule has 1 fully saturated rings. The second kappa shape index (κ2) is 9.66. The maximum atomic E-state index is 12.3. The molecule has 4 nitrogen and oxygen atoms in total. The molecule has 150 valence electrons. The van der Waals surface area contributed by atoms with Crippen molar-refractivity contribution in [1.82, 2.24) is 9.80 Å². The summed E-state index contributed by atoms with van der Waals surface area (Å²) < 4.78 is 0. The zero-order chi connectivity index (χ0) is 18.6. The van der Waals surface area contributed by atoms with E-state index in [2.05, 4.69) is 15.9 Å². The molecule has 2 aromatic rings. The summed E-state index contributed by atoms with van der Waals surface area (Å²) >= 11 is 0. The van der Waals surface area contributed by atoms with Gasteiger partial charge < -0.3 is 5.11 Å². The number of likely N-dealkylation sites (tertiary alicyclic amines) is 1. The molecule has 0 aliphatic carbocycles. The number of Topliss-reactive ketones (excluding diaryl/α,β-unsaturated/α-hetero) is 1. The topological polar surface area (TPSA) is 43.8 Å². The standard InChI is InChI=1S/C23H28N2O2.ClH/c26-21(14-18-6-2-1-3-7-18)17-24-12-10-19(11-13-24)15-25-16-20-8-4-5-9-22(20)23(25)27;/h1-9,19,23,27H,10-17H2;1H. The van der Waals surface area contributed by atoms with Crippen LogP contribution in [0.1, 0.15) is 35.8 Å². The second-order valence-electron chi connectivity index (χ2n) is 7.92. The predicted octanol–water partition coefficient (Wildman–Crippen LogP) is 3.44. The van der Waals surface area contributed by atoms with Gasteiger partial charge in [0.2, 0.25) is 0 Å². The molecule has 1 saturated heterocycles. The minimum Gasteiger partial charge on any atom is -0.374 e. The van der Waals surface area contributed by atoms with Gasteiger partial charge >= 0.3 is 0 Å². The van der Waals surface area contributed by atoms with Gasteiger partial charge in [-0.3, -0.25) is 14.6 Å². The van der Waals surface area contributed by atoms with Gasteiger partial charge in [-0.2, -0.15) is 0 Å². The number of benzene rings is 2. The van der Waals surface area contributed by atoms with Crippen LogP contribution in [0.3, 0.4) is 0 Å². The molecule has 0 radical (unpaired) electrons. The van der Waals surface area contributed by atoms with Crippen molar-refractivity contribution in [2.75, 3.05) is 26.2 Å². The van der Waals surface area contributed by atoms with E-state index in [0.717, 1.165) is 50.1 Å². The van der Waals surface area contributed by atoms with E-state index in [-0.39, 0.29) is 12.4 Å². The lowest BCUT2D eigenvalue weighted by Crippen LogP contribution is -2.40. The molecule has 0 saturated carbocycles. The van der Waals surface area contributed by atoms with E-state index in [1.165, 1.54) is 5.56 Å². The highest BCUT2D eigenvalue weighted by molar-refractivity contribution is 5.85. The van der Waals surface area contributed by atoms with Crippen molar-refractivity contribution in [3.63, 3.8) is 0 Å². The van der Waals surface area contributed by atoms with Gasteiger partial charge in [-0.25, -0.2) is 0 Å². The molecule has 0 bridgehead atoms. The van der Waals surface area contributed by atoms with E-state index in [9.17, 15) is 9.90 Å². The maximum absolute atomic E-state index is 12.3. The van der Waals surface area contributed by atoms with Crippen LogP contribution in [0.15, 0.2) is 54.6 Å². The number of carbonyl (C=O) groups is 1. The molecule has 1 N–H and O–H groups in total. The van der Waals surface area contributed by atoms with E-state index in [0.29, 0.717) is 24.7 Å². The monoisotopic (exact) mass is 400 g/mol. The Balaban J connectivity index is 0.00000225. The van der Waals surface area contributed by atoms with Gasteiger partial charge in [0.05, 0.1) is 6.54 Å². The largest absolute Gasteiger partial charge is 0.374 e. The molecule has 2 aliphatic rings. The number of aliphatic hydroxyl groups excluding tert-OH is 1. The molecule has 2 aromatic carbocycles. The van der Waals surface area contributed by atoms with Gasteiger partial charge in [0.25, 0.3) is 0 Å². The minimum atomic E-state index is -0.466. The van der Waals surface area contributed by atoms with Crippen molar-refractivity contribution >= 4 is 18.2 Å². The lowest BCUT2D eigenvalue weighted by molar-refractivity contribution is -0.120. The first-order valence-electron chi connectivity index (χ1n) is 9.97. The van der Waals surface area contributed by atoms with Gasteiger partial charge in [0, 0.05) is 19.5 Å². The van der Waals surface area contributed by atoms with Gasteiger partial charge in [-0.1, -0.05) is 54.6 Å². The molecule has 1 atom stereocenters. The number of halogens is 1. The van der Waals surface area contributed by atoms with E-state index in [1.807, 2.05) is 48.5 Å². The van der Waals surface area contributed by atoms with Crippen molar-refractivity contribution in [2.24, 2.45) is 5.92 Å². The van der Waals surface area contributed by atoms with E-state index < -0.39 is 6.23 Å². The molecule has 5 heteroatoms. The molecule has 4 rings (SSSR count). The average Bonchev–Trinajstić information content (AvgIpc) is 3.00. The predicted molar refractivity (Wildman–Crippen MR) is 113 cm³/mol. The van der Waals surface area contributed by atoms with Crippen LogP contribution < -0.4 is 0 Å². The molecule has 28 heavy (non-hydrogen) atoms. The summed E-state index contributed by atoms with van der Waals surface area (Å²) in [4.78, 5) is 16.8. The minimum absolute atomic E-state index is 0. The first kappa shape index (κ1) is 21.0. The zero-order valence-corrected chi connectivity index (χ0v) is 17.0. The van der Waals surface area contributed by atoms with Crippen LogP contribution in [0, 0.1) is 5.92 Å². The van der Waals surface area contributed by atoms with Crippen LogP contribution in [0.4, 0.5) is 0 Å². The van der Waals surface area contributed by atoms with Gasteiger partial charge in [0.1, 0.15) is 6.23 Å². The average molecular weight is 401 g/mol. The number of carbonyl (C=O) groups excluding carboxylic acids is 1. The summed E-state index contributed by atoms with van der Waals surface area (Å²) in [6.45, 7) is 4.28. The fraction of sp³-hybridized carbons (Fsp3) is 0.435. The fourth-order valence-electron chi connectivity index (χ4n) is 4.38. The lowest BCUT2D eigenvalue weighted by Gasteiger charge is -2.34. The highest BCUT2D eigenvalue weighted by Crippen LogP contribution is 2.33. The van der Waals surface area contributed by atoms with Gasteiger partial charge in [-0.05, 0) is 48.5 Å². The fourth-order valence-corrected chi connectivity index (χ4v) is 4.38. The Bertz CT molecular complexity index is 775. The number of ketones is 1.